The van der Waals surface area contributed by atoms with Crippen LogP contribution in [0.15, 0.2) is 12.1 Å². The highest BCUT2D eigenvalue weighted by Crippen LogP contribution is 2.19. The van der Waals surface area contributed by atoms with Gasteiger partial charge in [0.1, 0.15) is 0 Å². The monoisotopic (exact) mass is 144 g/mol. The van der Waals surface area contributed by atoms with Gasteiger partial charge < -0.3 is 0 Å². The zero-order chi connectivity index (χ0) is 7.68. The van der Waals surface area contributed by atoms with E-state index in [0.717, 1.165) is 24.0 Å². The lowest BCUT2D eigenvalue weighted by atomic mass is 9.91. The van der Waals surface area contributed by atoms with Crippen LogP contribution in [0.1, 0.15) is 28.8 Å². The molecule has 1 heteroatoms. The summed E-state index contributed by atoms with van der Waals surface area (Å²) in [4.78, 5) is 11.3. The van der Waals surface area contributed by atoms with Crippen molar-refractivity contribution in [1.29, 1.82) is 0 Å². The number of fused-ring (bicyclic) bond motifs is 1. The second-order valence-electron chi connectivity index (χ2n) is 2.77. The van der Waals surface area contributed by atoms with E-state index in [2.05, 4.69) is 12.1 Å². The fourth-order valence-electron chi connectivity index (χ4n) is 1.44. The summed E-state index contributed by atoms with van der Waals surface area (Å²) in [6.07, 6.45) is 2.66. The molecule has 2 rings (SSSR count). The van der Waals surface area contributed by atoms with E-state index >= 15 is 0 Å². The third kappa shape index (κ3) is 1.07. The maximum Gasteiger partial charge on any atom is 0.163 e. The van der Waals surface area contributed by atoms with Gasteiger partial charge in [0.15, 0.2) is 5.78 Å². The summed E-state index contributed by atoms with van der Waals surface area (Å²) in [5.74, 6) is 0.261. The third-order valence-electron chi connectivity index (χ3n) is 2.01. The first kappa shape index (κ1) is 6.59. The maximum atomic E-state index is 11.3. The topological polar surface area (TPSA) is 17.1 Å². The van der Waals surface area contributed by atoms with Gasteiger partial charge >= 0.3 is 0 Å². The van der Waals surface area contributed by atoms with Crippen LogP contribution in [0.3, 0.4) is 0 Å². The Morgan fingerprint density at radius 2 is 2.27 bits per heavy atom. The van der Waals surface area contributed by atoms with Crippen LogP contribution in [0.5, 0.6) is 0 Å². The first-order valence-corrected chi connectivity index (χ1v) is 3.82. The number of ketones is 1. The number of hydrogen-bond acceptors (Lipinski definition) is 1. The number of aryl methyl sites for hydroxylation is 1. The van der Waals surface area contributed by atoms with E-state index in [1.807, 2.05) is 6.07 Å². The second kappa shape index (κ2) is 2.50. The van der Waals surface area contributed by atoms with E-state index in [0.29, 0.717) is 6.42 Å². The molecule has 1 aromatic rings. The molecule has 0 aromatic heterocycles. The Labute approximate surface area is 66.0 Å². The van der Waals surface area contributed by atoms with E-state index in [4.69, 9.17) is 0 Å². The first-order chi connectivity index (χ1) is 5.38. The predicted octanol–water partition coefficient (Wildman–Crippen LogP) is 1.81. The van der Waals surface area contributed by atoms with Gasteiger partial charge in [-0.2, -0.15) is 0 Å². The molecule has 0 unspecified atom stereocenters. The molecular formula is C10H8O. The van der Waals surface area contributed by atoms with Crippen molar-refractivity contribution in [3.05, 3.63) is 35.4 Å². The van der Waals surface area contributed by atoms with Crippen LogP contribution in [0.25, 0.3) is 0 Å². The zero-order valence-electron chi connectivity index (χ0n) is 6.18. The van der Waals surface area contributed by atoms with Gasteiger partial charge in [-0.1, -0.05) is 12.1 Å². The van der Waals surface area contributed by atoms with Crippen molar-refractivity contribution >= 4 is 5.78 Å². The van der Waals surface area contributed by atoms with Crippen LogP contribution in [0.4, 0.5) is 0 Å². The average molecular weight is 144 g/mol. The summed E-state index contributed by atoms with van der Waals surface area (Å²) in [6.45, 7) is 0. The van der Waals surface area contributed by atoms with Crippen molar-refractivity contribution in [2.75, 3.05) is 0 Å². The van der Waals surface area contributed by atoms with Gasteiger partial charge in [-0.15, -0.1) is 0 Å². The highest BCUT2D eigenvalue weighted by Gasteiger charge is 2.15. The van der Waals surface area contributed by atoms with Crippen LogP contribution in [0.2, 0.25) is 0 Å². The van der Waals surface area contributed by atoms with Crippen molar-refractivity contribution in [1.82, 2.24) is 0 Å². The van der Waals surface area contributed by atoms with Gasteiger partial charge in [0.2, 0.25) is 0 Å². The van der Waals surface area contributed by atoms with Crippen molar-refractivity contribution < 1.29 is 4.79 Å². The lowest BCUT2D eigenvalue weighted by Gasteiger charge is -2.12. The Morgan fingerprint density at radius 1 is 1.36 bits per heavy atom. The van der Waals surface area contributed by atoms with Crippen molar-refractivity contribution in [2.24, 2.45) is 0 Å². The molecule has 0 bridgehead atoms. The minimum Gasteiger partial charge on any atom is -0.294 e. The molecule has 0 aliphatic heterocycles. The van der Waals surface area contributed by atoms with Gasteiger partial charge in [0.25, 0.3) is 0 Å². The molecule has 0 spiro atoms. The molecule has 0 N–H and O–H groups in total. The van der Waals surface area contributed by atoms with Crippen LogP contribution in [-0.2, 0) is 6.42 Å². The van der Waals surface area contributed by atoms with Crippen LogP contribution < -0.4 is 0 Å². The molecule has 0 heterocycles. The number of Topliss-reactive ketones (excluding diaryl/α,β-unsaturated/α-hetero) is 1. The summed E-state index contributed by atoms with van der Waals surface area (Å²) in [5, 5.41) is 0. The molecule has 1 aliphatic carbocycles. The normalized spacial score (nSPS) is 16.2. The molecule has 54 valence electrons. The predicted molar refractivity (Wildman–Crippen MR) is 41.4 cm³/mol. The largest absolute Gasteiger partial charge is 0.294 e. The Hall–Kier alpha value is -1.11. The van der Waals surface area contributed by atoms with Crippen molar-refractivity contribution in [3.63, 3.8) is 0 Å². The Bertz CT molecular complexity index is 289. The minimum absolute atomic E-state index is 0.261. The number of carbonyl (C=O) groups is 1. The molecule has 0 atom stereocenters. The fraction of sp³-hybridized carbons (Fsp3) is 0.300. The van der Waals surface area contributed by atoms with Gasteiger partial charge in [0.05, 0.1) is 0 Å². The molecule has 1 aliphatic rings. The molecule has 0 amide bonds. The Kier molecular flexibility index (Phi) is 1.50. The molecule has 11 heavy (non-hydrogen) atoms. The molecule has 0 saturated heterocycles. The SMILES string of the molecule is O=C1CCCc2[c][c]ccc21. The number of carbonyl (C=O) groups excluding carboxylic acids is 1. The summed E-state index contributed by atoms with van der Waals surface area (Å²) in [7, 11) is 0. The fourth-order valence-corrected chi connectivity index (χ4v) is 1.44. The molecule has 2 radical (unpaired) electrons. The quantitative estimate of drug-likeness (QED) is 0.542. The Morgan fingerprint density at radius 3 is 3.09 bits per heavy atom. The standard InChI is InChI=1S/C10H8O/c11-10-7-3-5-8-4-1-2-6-9(8)10/h2,6H,3,5,7H2. The summed E-state index contributed by atoms with van der Waals surface area (Å²) in [5.41, 5.74) is 1.90. The molecule has 0 saturated carbocycles. The lowest BCUT2D eigenvalue weighted by molar-refractivity contribution is 0.0972. The van der Waals surface area contributed by atoms with Crippen LogP contribution >= 0.6 is 0 Å². The van der Waals surface area contributed by atoms with E-state index in [9.17, 15) is 4.79 Å². The van der Waals surface area contributed by atoms with Crippen LogP contribution in [-0.4, -0.2) is 5.78 Å². The summed E-state index contributed by atoms with van der Waals surface area (Å²) in [6, 6.07) is 9.43. The van der Waals surface area contributed by atoms with Gasteiger partial charge in [0, 0.05) is 12.0 Å². The number of hydrogen-bond donors (Lipinski definition) is 0. The molecule has 1 aromatic carbocycles. The average Bonchev–Trinajstić information content (AvgIpc) is 2.06. The van der Waals surface area contributed by atoms with Gasteiger partial charge in [-0.3, -0.25) is 4.79 Å². The maximum absolute atomic E-state index is 11.3. The highest BCUT2D eigenvalue weighted by atomic mass is 16.1. The van der Waals surface area contributed by atoms with Crippen molar-refractivity contribution in [3.8, 4) is 0 Å². The summed E-state index contributed by atoms with van der Waals surface area (Å²) < 4.78 is 0. The zero-order valence-corrected chi connectivity index (χ0v) is 6.18. The van der Waals surface area contributed by atoms with Gasteiger partial charge in [-0.25, -0.2) is 0 Å². The molecule has 1 nitrogen and oxygen atoms in total. The second-order valence-corrected chi connectivity index (χ2v) is 2.77. The van der Waals surface area contributed by atoms with E-state index in [1.165, 1.54) is 0 Å². The Balaban J connectivity index is 2.52. The van der Waals surface area contributed by atoms with E-state index < -0.39 is 0 Å². The minimum atomic E-state index is 0.261. The molecular weight excluding hydrogens is 136 g/mol. The van der Waals surface area contributed by atoms with E-state index in [-0.39, 0.29) is 5.78 Å². The van der Waals surface area contributed by atoms with Crippen molar-refractivity contribution in [2.45, 2.75) is 19.3 Å². The highest BCUT2D eigenvalue weighted by molar-refractivity contribution is 5.98. The van der Waals surface area contributed by atoms with Gasteiger partial charge in [-0.05, 0) is 30.5 Å². The first-order valence-electron chi connectivity index (χ1n) is 3.82. The number of benzene rings is 1. The van der Waals surface area contributed by atoms with E-state index in [1.54, 1.807) is 6.07 Å². The summed E-state index contributed by atoms with van der Waals surface area (Å²) >= 11 is 0. The third-order valence-corrected chi connectivity index (χ3v) is 2.01. The molecule has 0 fully saturated rings. The van der Waals surface area contributed by atoms with Crippen LogP contribution in [0, 0.1) is 12.1 Å². The number of rotatable bonds is 0. The lowest BCUT2D eigenvalue weighted by Crippen LogP contribution is -2.10. The smallest absolute Gasteiger partial charge is 0.163 e.